The van der Waals surface area contributed by atoms with E-state index in [0.29, 0.717) is 24.5 Å². The first-order valence-corrected chi connectivity index (χ1v) is 9.76. The second-order valence-corrected chi connectivity index (χ2v) is 6.97. The number of hydrogen-bond donors (Lipinski definition) is 1. The Morgan fingerprint density at radius 3 is 2.57 bits per heavy atom. The second kappa shape index (κ2) is 7.46. The molecule has 3 aromatic rings. The number of hydrogen-bond acceptors (Lipinski definition) is 4. The van der Waals surface area contributed by atoms with Crippen LogP contribution in [0.25, 0.3) is 11.0 Å². The van der Waals surface area contributed by atoms with Crippen LogP contribution in [0.1, 0.15) is 32.0 Å². The van der Waals surface area contributed by atoms with Gasteiger partial charge in [0.1, 0.15) is 5.82 Å². The molecule has 1 unspecified atom stereocenters. The number of amides is 1. The SMILES string of the molecule is CCN(CC)c1ccc(NC(=O)C2C(=O)CCn3c2nc2ccccc23)cc1. The van der Waals surface area contributed by atoms with Crippen LogP contribution >= 0.6 is 0 Å². The third kappa shape index (κ3) is 3.15. The molecule has 1 aliphatic heterocycles. The van der Waals surface area contributed by atoms with Crippen molar-refractivity contribution in [2.45, 2.75) is 32.7 Å². The normalized spacial score (nSPS) is 16.1. The van der Waals surface area contributed by atoms with E-state index in [1.54, 1.807) is 0 Å². The minimum atomic E-state index is -0.872. The number of ketones is 1. The lowest BCUT2D eigenvalue weighted by atomic mass is 9.96. The largest absolute Gasteiger partial charge is 0.372 e. The zero-order valence-electron chi connectivity index (χ0n) is 16.2. The van der Waals surface area contributed by atoms with Gasteiger partial charge in [0, 0.05) is 37.4 Å². The standard InChI is InChI=1S/C22H24N4O2/c1-3-25(4-2)16-11-9-15(10-12-16)23-22(28)20-19(27)13-14-26-18-8-6-5-7-17(18)24-21(20)26/h5-12,20H,3-4,13-14H2,1-2H3,(H,23,28). The zero-order valence-corrected chi connectivity index (χ0v) is 16.2. The Morgan fingerprint density at radius 1 is 1.14 bits per heavy atom. The van der Waals surface area contributed by atoms with E-state index in [1.165, 1.54) is 0 Å². The highest BCUT2D eigenvalue weighted by Crippen LogP contribution is 2.29. The fraction of sp³-hybridized carbons (Fsp3) is 0.318. The van der Waals surface area contributed by atoms with E-state index in [9.17, 15) is 9.59 Å². The van der Waals surface area contributed by atoms with Crippen LogP contribution < -0.4 is 10.2 Å². The van der Waals surface area contributed by atoms with Crippen LogP contribution in [0.15, 0.2) is 48.5 Å². The van der Waals surface area contributed by atoms with E-state index in [0.717, 1.165) is 29.8 Å². The number of aromatic nitrogens is 2. The molecule has 4 rings (SSSR count). The van der Waals surface area contributed by atoms with Crippen LogP contribution in [0.4, 0.5) is 11.4 Å². The maximum atomic E-state index is 13.0. The third-order valence-corrected chi connectivity index (χ3v) is 5.37. The van der Waals surface area contributed by atoms with Gasteiger partial charge in [-0.05, 0) is 50.2 Å². The molecule has 6 heteroatoms. The molecule has 1 amide bonds. The van der Waals surface area contributed by atoms with Crippen molar-refractivity contribution >= 4 is 34.1 Å². The lowest BCUT2D eigenvalue weighted by Gasteiger charge is -2.23. The molecule has 144 valence electrons. The number of nitrogens with zero attached hydrogens (tertiary/aromatic N) is 3. The maximum Gasteiger partial charge on any atom is 0.242 e. The molecule has 2 aromatic carbocycles. The second-order valence-electron chi connectivity index (χ2n) is 6.97. The van der Waals surface area contributed by atoms with Crippen molar-refractivity contribution in [1.29, 1.82) is 0 Å². The summed E-state index contributed by atoms with van der Waals surface area (Å²) < 4.78 is 1.99. The van der Waals surface area contributed by atoms with Gasteiger partial charge in [0.05, 0.1) is 11.0 Å². The summed E-state index contributed by atoms with van der Waals surface area (Å²) in [5, 5.41) is 2.90. The van der Waals surface area contributed by atoms with Crippen molar-refractivity contribution in [2.24, 2.45) is 0 Å². The summed E-state index contributed by atoms with van der Waals surface area (Å²) in [6.45, 7) is 6.64. The molecule has 6 nitrogen and oxygen atoms in total. The molecule has 1 atom stereocenters. The van der Waals surface area contributed by atoms with Crippen LogP contribution in [0, 0.1) is 0 Å². The summed E-state index contributed by atoms with van der Waals surface area (Å²) in [5.41, 5.74) is 3.57. The van der Waals surface area contributed by atoms with E-state index in [1.807, 2.05) is 53.1 Å². The Kier molecular flexibility index (Phi) is 4.86. The van der Waals surface area contributed by atoms with E-state index in [-0.39, 0.29) is 11.7 Å². The number of benzene rings is 2. The number of imidazole rings is 1. The van der Waals surface area contributed by atoms with Crippen LogP contribution in [0.2, 0.25) is 0 Å². The number of rotatable bonds is 5. The van der Waals surface area contributed by atoms with Gasteiger partial charge in [-0.15, -0.1) is 0 Å². The summed E-state index contributed by atoms with van der Waals surface area (Å²) in [4.78, 5) is 32.3. The Hall–Kier alpha value is -3.15. The molecule has 1 N–H and O–H groups in total. The first-order valence-electron chi connectivity index (χ1n) is 9.76. The maximum absolute atomic E-state index is 13.0. The summed E-state index contributed by atoms with van der Waals surface area (Å²) in [5.74, 6) is -0.741. The summed E-state index contributed by atoms with van der Waals surface area (Å²) in [7, 11) is 0. The van der Waals surface area contributed by atoms with Crippen molar-refractivity contribution in [1.82, 2.24) is 9.55 Å². The highest BCUT2D eigenvalue weighted by atomic mass is 16.2. The monoisotopic (exact) mass is 376 g/mol. The highest BCUT2D eigenvalue weighted by molar-refractivity contribution is 6.12. The van der Waals surface area contributed by atoms with Gasteiger partial charge in [0.25, 0.3) is 0 Å². The molecule has 28 heavy (non-hydrogen) atoms. The third-order valence-electron chi connectivity index (χ3n) is 5.37. The molecule has 0 aliphatic carbocycles. The number of aryl methyl sites for hydroxylation is 1. The number of Topliss-reactive ketones (excluding diaryl/α,β-unsaturated/α-hetero) is 1. The number of fused-ring (bicyclic) bond motifs is 3. The van der Waals surface area contributed by atoms with Gasteiger partial charge in [-0.3, -0.25) is 9.59 Å². The molecular formula is C22H24N4O2. The van der Waals surface area contributed by atoms with Gasteiger partial charge in [0.2, 0.25) is 5.91 Å². The first kappa shape index (κ1) is 18.2. The average molecular weight is 376 g/mol. The first-order chi connectivity index (χ1) is 13.6. The van der Waals surface area contributed by atoms with Gasteiger partial charge in [0.15, 0.2) is 11.7 Å². The molecule has 1 aromatic heterocycles. The molecule has 0 bridgehead atoms. The number of carbonyl (C=O) groups is 2. The van der Waals surface area contributed by atoms with Gasteiger partial charge >= 0.3 is 0 Å². The Labute approximate surface area is 164 Å². The van der Waals surface area contributed by atoms with Crippen LogP contribution in [0.5, 0.6) is 0 Å². The minimum Gasteiger partial charge on any atom is -0.372 e. The van der Waals surface area contributed by atoms with Crippen molar-refractivity contribution < 1.29 is 9.59 Å². The molecule has 0 fully saturated rings. The van der Waals surface area contributed by atoms with Crippen molar-refractivity contribution in [3.8, 4) is 0 Å². The highest BCUT2D eigenvalue weighted by Gasteiger charge is 2.36. The molecule has 1 aliphatic rings. The van der Waals surface area contributed by atoms with Crippen molar-refractivity contribution in [3.63, 3.8) is 0 Å². The minimum absolute atomic E-state index is 0.0833. The molecule has 0 saturated carbocycles. The lowest BCUT2D eigenvalue weighted by molar-refractivity contribution is -0.128. The molecule has 2 heterocycles. The van der Waals surface area contributed by atoms with Crippen molar-refractivity contribution in [2.75, 3.05) is 23.3 Å². The van der Waals surface area contributed by atoms with E-state index in [2.05, 4.69) is 29.0 Å². The van der Waals surface area contributed by atoms with Crippen LogP contribution in [-0.2, 0) is 16.1 Å². The number of nitrogens with one attached hydrogen (secondary N) is 1. The van der Waals surface area contributed by atoms with E-state index < -0.39 is 5.92 Å². The van der Waals surface area contributed by atoms with Gasteiger partial charge in [-0.2, -0.15) is 0 Å². The number of anilines is 2. The lowest BCUT2D eigenvalue weighted by Crippen LogP contribution is -2.34. The molecule has 0 spiro atoms. The Balaban J connectivity index is 1.59. The molecule has 0 saturated heterocycles. The van der Waals surface area contributed by atoms with Gasteiger partial charge in [-0.1, -0.05) is 12.1 Å². The molecular weight excluding hydrogens is 352 g/mol. The Morgan fingerprint density at radius 2 is 1.86 bits per heavy atom. The van der Waals surface area contributed by atoms with Gasteiger partial charge in [-0.25, -0.2) is 4.98 Å². The van der Waals surface area contributed by atoms with Crippen molar-refractivity contribution in [3.05, 3.63) is 54.4 Å². The van der Waals surface area contributed by atoms with E-state index >= 15 is 0 Å². The quantitative estimate of drug-likeness (QED) is 0.691. The zero-order chi connectivity index (χ0) is 19.7. The van der Waals surface area contributed by atoms with Gasteiger partial charge < -0.3 is 14.8 Å². The predicted molar refractivity (Wildman–Crippen MR) is 111 cm³/mol. The fourth-order valence-electron chi connectivity index (χ4n) is 3.88. The fourth-order valence-corrected chi connectivity index (χ4v) is 3.88. The summed E-state index contributed by atoms with van der Waals surface area (Å²) in [6.07, 6.45) is 0.340. The predicted octanol–water partition coefficient (Wildman–Crippen LogP) is 3.58. The molecule has 0 radical (unpaired) electrons. The number of para-hydroxylation sites is 2. The van der Waals surface area contributed by atoms with Crippen LogP contribution in [0.3, 0.4) is 0 Å². The Bertz CT molecular complexity index is 1020. The topological polar surface area (TPSA) is 67.2 Å². The number of carbonyl (C=O) groups excluding carboxylic acids is 2. The van der Waals surface area contributed by atoms with Crippen LogP contribution in [-0.4, -0.2) is 34.3 Å². The summed E-state index contributed by atoms with van der Waals surface area (Å²) in [6, 6.07) is 15.5. The smallest absolute Gasteiger partial charge is 0.242 e. The average Bonchev–Trinajstić information content (AvgIpc) is 3.08. The summed E-state index contributed by atoms with van der Waals surface area (Å²) >= 11 is 0. The van der Waals surface area contributed by atoms with E-state index in [4.69, 9.17) is 0 Å².